The summed E-state index contributed by atoms with van der Waals surface area (Å²) in [5.74, 6) is 0.887. The summed E-state index contributed by atoms with van der Waals surface area (Å²) in [7, 11) is 1.69. The molecule has 0 bridgehead atoms. The first-order valence-electron chi connectivity index (χ1n) is 5.79. The molecule has 2 unspecified atom stereocenters. The molecule has 3 nitrogen and oxygen atoms in total. The van der Waals surface area contributed by atoms with Crippen molar-refractivity contribution in [2.45, 2.75) is 25.6 Å². The maximum Gasteiger partial charge on any atom is 0.119 e. The van der Waals surface area contributed by atoms with E-state index < -0.39 is 0 Å². The van der Waals surface area contributed by atoms with Crippen molar-refractivity contribution in [1.29, 1.82) is 0 Å². The van der Waals surface area contributed by atoms with E-state index in [1.165, 1.54) is 5.56 Å². The Morgan fingerprint density at radius 3 is 3.00 bits per heavy atom. The van der Waals surface area contributed by atoms with Crippen LogP contribution in [0.1, 0.15) is 25.0 Å². The molecule has 2 atom stereocenters. The van der Waals surface area contributed by atoms with Crippen molar-refractivity contribution < 1.29 is 9.47 Å². The van der Waals surface area contributed by atoms with Gasteiger partial charge >= 0.3 is 0 Å². The van der Waals surface area contributed by atoms with Crippen LogP contribution in [0.15, 0.2) is 24.3 Å². The van der Waals surface area contributed by atoms with Crippen LogP contribution in [-0.2, 0) is 4.74 Å². The zero-order chi connectivity index (χ0) is 11.4. The Bertz CT molecular complexity index is 334. The van der Waals surface area contributed by atoms with Crippen molar-refractivity contribution in [1.82, 2.24) is 5.32 Å². The fraction of sp³-hybridized carbons (Fsp3) is 0.538. The molecule has 0 spiro atoms. The summed E-state index contributed by atoms with van der Waals surface area (Å²) < 4.78 is 11.2. The Labute approximate surface area is 96.8 Å². The lowest BCUT2D eigenvalue weighted by molar-refractivity contribution is 0.00819. The SMILES string of the molecule is COc1cccc(C(C)OC2CCNC2)c1. The van der Waals surface area contributed by atoms with E-state index in [-0.39, 0.29) is 6.10 Å². The second-order valence-electron chi connectivity index (χ2n) is 4.17. The van der Waals surface area contributed by atoms with Crippen molar-refractivity contribution in [3.63, 3.8) is 0 Å². The van der Waals surface area contributed by atoms with E-state index in [9.17, 15) is 0 Å². The van der Waals surface area contributed by atoms with Crippen LogP contribution in [0.5, 0.6) is 5.75 Å². The van der Waals surface area contributed by atoms with Gasteiger partial charge in [-0.15, -0.1) is 0 Å². The summed E-state index contributed by atoms with van der Waals surface area (Å²) >= 11 is 0. The fourth-order valence-electron chi connectivity index (χ4n) is 2.01. The van der Waals surface area contributed by atoms with Crippen molar-refractivity contribution in [2.75, 3.05) is 20.2 Å². The zero-order valence-corrected chi connectivity index (χ0v) is 9.90. The van der Waals surface area contributed by atoms with Crippen molar-refractivity contribution >= 4 is 0 Å². The third kappa shape index (κ3) is 2.74. The van der Waals surface area contributed by atoms with Gasteiger partial charge in [0.05, 0.1) is 19.3 Å². The molecule has 1 heterocycles. The highest BCUT2D eigenvalue weighted by molar-refractivity contribution is 5.29. The Kier molecular flexibility index (Phi) is 3.80. The van der Waals surface area contributed by atoms with Gasteiger partial charge in [-0.2, -0.15) is 0 Å². The summed E-state index contributed by atoms with van der Waals surface area (Å²) in [6.45, 7) is 4.12. The molecule has 1 aliphatic rings. The first-order valence-corrected chi connectivity index (χ1v) is 5.79. The summed E-state index contributed by atoms with van der Waals surface area (Å²) in [6.07, 6.45) is 1.58. The highest BCUT2D eigenvalue weighted by Gasteiger charge is 2.18. The van der Waals surface area contributed by atoms with Crippen molar-refractivity contribution in [3.05, 3.63) is 29.8 Å². The van der Waals surface area contributed by atoms with E-state index in [0.717, 1.165) is 25.3 Å². The van der Waals surface area contributed by atoms with E-state index in [1.54, 1.807) is 7.11 Å². The number of ether oxygens (including phenoxy) is 2. The quantitative estimate of drug-likeness (QED) is 0.845. The maximum absolute atomic E-state index is 5.98. The van der Waals surface area contributed by atoms with Crippen LogP contribution < -0.4 is 10.1 Å². The first kappa shape index (κ1) is 11.4. The van der Waals surface area contributed by atoms with E-state index in [0.29, 0.717) is 6.10 Å². The molecule has 0 aliphatic carbocycles. The Balaban J connectivity index is 1.98. The molecule has 0 radical (unpaired) electrons. The molecule has 16 heavy (non-hydrogen) atoms. The molecule has 1 aromatic rings. The Morgan fingerprint density at radius 2 is 2.31 bits per heavy atom. The van der Waals surface area contributed by atoms with Crippen LogP contribution >= 0.6 is 0 Å². The van der Waals surface area contributed by atoms with Gasteiger partial charge in [-0.3, -0.25) is 0 Å². The molecule has 0 amide bonds. The molecule has 2 rings (SSSR count). The first-order chi connectivity index (χ1) is 7.79. The summed E-state index contributed by atoms with van der Waals surface area (Å²) in [4.78, 5) is 0. The monoisotopic (exact) mass is 221 g/mol. The Morgan fingerprint density at radius 1 is 1.44 bits per heavy atom. The second-order valence-corrected chi connectivity index (χ2v) is 4.17. The molecule has 1 saturated heterocycles. The van der Waals surface area contributed by atoms with E-state index >= 15 is 0 Å². The zero-order valence-electron chi connectivity index (χ0n) is 9.90. The van der Waals surface area contributed by atoms with Crippen molar-refractivity contribution in [2.24, 2.45) is 0 Å². The maximum atomic E-state index is 5.98. The van der Waals surface area contributed by atoms with Gasteiger partial charge in [0, 0.05) is 6.54 Å². The van der Waals surface area contributed by atoms with Crippen LogP contribution in [0, 0.1) is 0 Å². The summed E-state index contributed by atoms with van der Waals surface area (Å²) in [6, 6.07) is 8.07. The summed E-state index contributed by atoms with van der Waals surface area (Å²) in [5, 5.41) is 3.30. The third-order valence-electron chi connectivity index (χ3n) is 2.97. The topological polar surface area (TPSA) is 30.5 Å². The van der Waals surface area contributed by atoms with Gasteiger partial charge in [0.1, 0.15) is 5.75 Å². The van der Waals surface area contributed by atoms with Gasteiger partial charge in [-0.1, -0.05) is 12.1 Å². The highest BCUT2D eigenvalue weighted by atomic mass is 16.5. The molecule has 1 aromatic carbocycles. The second kappa shape index (κ2) is 5.32. The number of hydrogen-bond donors (Lipinski definition) is 1. The van der Waals surface area contributed by atoms with Crippen molar-refractivity contribution in [3.8, 4) is 5.75 Å². The van der Waals surface area contributed by atoms with Gasteiger partial charge in [-0.25, -0.2) is 0 Å². The van der Waals surface area contributed by atoms with Crippen LogP contribution in [0.3, 0.4) is 0 Å². The lowest BCUT2D eigenvalue weighted by Crippen LogP contribution is -2.18. The fourth-order valence-corrected chi connectivity index (χ4v) is 2.01. The van der Waals surface area contributed by atoms with E-state index in [2.05, 4.69) is 18.3 Å². The largest absolute Gasteiger partial charge is 0.497 e. The van der Waals surface area contributed by atoms with Gasteiger partial charge in [0.25, 0.3) is 0 Å². The smallest absolute Gasteiger partial charge is 0.119 e. The van der Waals surface area contributed by atoms with Gasteiger partial charge < -0.3 is 14.8 Å². The van der Waals surface area contributed by atoms with Crippen LogP contribution in [0.25, 0.3) is 0 Å². The number of nitrogens with one attached hydrogen (secondary N) is 1. The molecule has 1 N–H and O–H groups in total. The van der Waals surface area contributed by atoms with Crippen LogP contribution in [-0.4, -0.2) is 26.3 Å². The highest BCUT2D eigenvalue weighted by Crippen LogP contribution is 2.23. The minimum absolute atomic E-state index is 0.125. The lowest BCUT2D eigenvalue weighted by Gasteiger charge is -2.18. The van der Waals surface area contributed by atoms with Gasteiger partial charge in [-0.05, 0) is 37.6 Å². The molecule has 0 aromatic heterocycles. The van der Waals surface area contributed by atoms with Gasteiger partial charge in [0.2, 0.25) is 0 Å². The molecule has 1 fully saturated rings. The lowest BCUT2D eigenvalue weighted by atomic mass is 10.1. The van der Waals surface area contributed by atoms with E-state index in [4.69, 9.17) is 9.47 Å². The average Bonchev–Trinajstić information content (AvgIpc) is 2.82. The van der Waals surface area contributed by atoms with E-state index in [1.807, 2.05) is 18.2 Å². The molecule has 88 valence electrons. The number of rotatable bonds is 4. The standard InChI is InChI=1S/C13H19NO2/c1-10(16-13-6-7-14-9-13)11-4-3-5-12(8-11)15-2/h3-5,8,10,13-14H,6-7,9H2,1-2H3. The predicted molar refractivity (Wildman–Crippen MR) is 63.8 cm³/mol. The average molecular weight is 221 g/mol. The molecule has 1 aliphatic heterocycles. The molecule has 3 heteroatoms. The number of benzene rings is 1. The van der Waals surface area contributed by atoms with Crippen LogP contribution in [0.4, 0.5) is 0 Å². The molecule has 0 saturated carbocycles. The summed E-state index contributed by atoms with van der Waals surface area (Å²) in [5.41, 5.74) is 1.17. The number of hydrogen-bond acceptors (Lipinski definition) is 3. The van der Waals surface area contributed by atoms with Crippen LogP contribution in [0.2, 0.25) is 0 Å². The van der Waals surface area contributed by atoms with Gasteiger partial charge in [0.15, 0.2) is 0 Å². The minimum atomic E-state index is 0.125. The molecular formula is C13H19NO2. The predicted octanol–water partition coefficient (Wildman–Crippen LogP) is 2.13. The molecular weight excluding hydrogens is 202 g/mol. The third-order valence-corrected chi connectivity index (χ3v) is 2.97. The minimum Gasteiger partial charge on any atom is -0.497 e. The Hall–Kier alpha value is -1.06. The normalized spacial score (nSPS) is 22.0. The number of methoxy groups -OCH3 is 1.